The Kier molecular flexibility index (Phi) is 6.95. The smallest absolute Gasteiger partial charge is 0.385 e. The number of nitrogens with one attached hydrogen (secondary N) is 2. The molecule has 0 saturated heterocycles. The molecule has 2 aromatic rings. The molecule has 0 bridgehead atoms. The van der Waals surface area contributed by atoms with E-state index in [-0.39, 0.29) is 17.2 Å². The fraction of sp³-hybridized carbons (Fsp3) is 0.263. The number of ether oxygens (including phenoxy) is 1. The van der Waals surface area contributed by atoms with E-state index in [1.807, 2.05) is 0 Å². The lowest BCUT2D eigenvalue weighted by molar-refractivity contribution is -0.136. The molecule has 0 radical (unpaired) electrons. The number of carbonyl (C=O) groups excluding carboxylic acids is 2. The predicted octanol–water partition coefficient (Wildman–Crippen LogP) is 3.72. The van der Waals surface area contributed by atoms with Crippen LogP contribution in [0.5, 0.6) is 0 Å². The van der Waals surface area contributed by atoms with E-state index in [0.717, 1.165) is 6.07 Å². The summed E-state index contributed by atoms with van der Waals surface area (Å²) in [5, 5.41) is 4.96. The zero-order valence-corrected chi connectivity index (χ0v) is 14.6. The summed E-state index contributed by atoms with van der Waals surface area (Å²) in [6.45, 7) is 0.974. The maximum Gasteiger partial charge on any atom is 0.418 e. The second kappa shape index (κ2) is 9.18. The summed E-state index contributed by atoms with van der Waals surface area (Å²) in [6, 6.07) is 10.4. The summed E-state index contributed by atoms with van der Waals surface area (Å²) in [6.07, 6.45) is -3.91. The minimum absolute atomic E-state index is 0.142. The topological polar surface area (TPSA) is 67.4 Å². The van der Waals surface area contributed by atoms with Gasteiger partial charge in [-0.3, -0.25) is 9.59 Å². The Morgan fingerprint density at radius 1 is 0.963 bits per heavy atom. The molecule has 0 saturated carbocycles. The molecule has 0 atom stereocenters. The Bertz CT molecular complexity index is 790. The first-order valence-electron chi connectivity index (χ1n) is 8.17. The molecular weight excluding hydrogens is 361 g/mol. The molecule has 0 unspecified atom stereocenters. The molecule has 2 rings (SSSR count). The van der Waals surface area contributed by atoms with Gasteiger partial charge in [0.1, 0.15) is 0 Å². The van der Waals surface area contributed by atoms with Gasteiger partial charge in [0.15, 0.2) is 0 Å². The maximum atomic E-state index is 13.0. The van der Waals surface area contributed by atoms with Gasteiger partial charge in [-0.2, -0.15) is 13.2 Å². The van der Waals surface area contributed by atoms with Crippen molar-refractivity contribution < 1.29 is 27.5 Å². The SMILES string of the molecule is COCCCNC(=O)c1ccc(C(=O)Nc2ccccc2C(F)(F)F)cc1. The molecule has 2 aromatic carbocycles. The van der Waals surface area contributed by atoms with Gasteiger partial charge in [-0.1, -0.05) is 12.1 Å². The number of halogens is 3. The van der Waals surface area contributed by atoms with Gasteiger partial charge in [0.25, 0.3) is 11.8 Å². The molecule has 27 heavy (non-hydrogen) atoms. The third-order valence-electron chi connectivity index (χ3n) is 3.70. The Hall–Kier alpha value is -2.87. The number of amides is 2. The van der Waals surface area contributed by atoms with Crippen molar-refractivity contribution in [3.8, 4) is 0 Å². The van der Waals surface area contributed by atoms with E-state index in [1.54, 1.807) is 7.11 Å². The van der Waals surface area contributed by atoms with Crippen LogP contribution in [0.4, 0.5) is 18.9 Å². The molecule has 0 fully saturated rings. The Balaban J connectivity index is 2.03. The van der Waals surface area contributed by atoms with E-state index in [0.29, 0.717) is 25.1 Å². The van der Waals surface area contributed by atoms with Crippen molar-refractivity contribution in [3.63, 3.8) is 0 Å². The number of hydrogen-bond acceptors (Lipinski definition) is 3. The van der Waals surface area contributed by atoms with Crippen molar-refractivity contribution in [3.05, 3.63) is 65.2 Å². The average Bonchev–Trinajstić information content (AvgIpc) is 2.65. The highest BCUT2D eigenvalue weighted by molar-refractivity contribution is 6.05. The molecule has 0 aliphatic heterocycles. The van der Waals surface area contributed by atoms with Crippen LogP contribution in [0.2, 0.25) is 0 Å². The van der Waals surface area contributed by atoms with E-state index in [9.17, 15) is 22.8 Å². The highest BCUT2D eigenvalue weighted by atomic mass is 19.4. The first-order chi connectivity index (χ1) is 12.8. The third-order valence-corrected chi connectivity index (χ3v) is 3.70. The minimum atomic E-state index is -4.57. The van der Waals surface area contributed by atoms with Crippen LogP contribution in [0, 0.1) is 0 Å². The van der Waals surface area contributed by atoms with Crippen LogP contribution in [-0.4, -0.2) is 32.1 Å². The zero-order valence-electron chi connectivity index (χ0n) is 14.6. The van der Waals surface area contributed by atoms with Crippen molar-refractivity contribution in [2.45, 2.75) is 12.6 Å². The molecule has 0 heterocycles. The quantitative estimate of drug-likeness (QED) is 0.720. The molecular formula is C19H19F3N2O3. The van der Waals surface area contributed by atoms with Crippen molar-refractivity contribution in [2.75, 3.05) is 25.6 Å². The second-order valence-electron chi connectivity index (χ2n) is 5.68. The Morgan fingerprint density at radius 3 is 2.15 bits per heavy atom. The molecule has 0 aliphatic carbocycles. The minimum Gasteiger partial charge on any atom is -0.385 e. The van der Waals surface area contributed by atoms with E-state index < -0.39 is 17.6 Å². The number of hydrogen-bond donors (Lipinski definition) is 2. The van der Waals surface area contributed by atoms with Crippen LogP contribution < -0.4 is 10.6 Å². The molecule has 0 spiro atoms. The first kappa shape index (κ1) is 20.4. The summed E-state index contributed by atoms with van der Waals surface area (Å²) in [5.41, 5.74) is -0.761. The fourth-order valence-corrected chi connectivity index (χ4v) is 2.33. The van der Waals surface area contributed by atoms with Crippen molar-refractivity contribution in [2.24, 2.45) is 0 Å². The van der Waals surface area contributed by atoms with Gasteiger partial charge >= 0.3 is 6.18 Å². The lowest BCUT2D eigenvalue weighted by Crippen LogP contribution is -2.25. The van der Waals surface area contributed by atoms with Crippen molar-refractivity contribution >= 4 is 17.5 Å². The summed E-state index contributed by atoms with van der Waals surface area (Å²) < 4.78 is 43.9. The van der Waals surface area contributed by atoms with Gasteiger partial charge in [-0.25, -0.2) is 0 Å². The number of anilines is 1. The Morgan fingerprint density at radius 2 is 1.56 bits per heavy atom. The highest BCUT2D eigenvalue weighted by Gasteiger charge is 2.33. The van der Waals surface area contributed by atoms with Gasteiger partial charge in [0.2, 0.25) is 0 Å². The van der Waals surface area contributed by atoms with Crippen LogP contribution in [-0.2, 0) is 10.9 Å². The predicted molar refractivity (Wildman–Crippen MR) is 94.7 cm³/mol. The van der Waals surface area contributed by atoms with E-state index in [1.165, 1.54) is 42.5 Å². The van der Waals surface area contributed by atoms with Gasteiger partial charge in [0, 0.05) is 31.4 Å². The number of benzene rings is 2. The van der Waals surface area contributed by atoms with Gasteiger partial charge < -0.3 is 15.4 Å². The van der Waals surface area contributed by atoms with Crippen molar-refractivity contribution in [1.82, 2.24) is 5.32 Å². The van der Waals surface area contributed by atoms with E-state index >= 15 is 0 Å². The summed E-state index contributed by atoms with van der Waals surface area (Å²) in [4.78, 5) is 24.2. The lowest BCUT2D eigenvalue weighted by Gasteiger charge is -2.13. The number of rotatable bonds is 7. The first-order valence-corrected chi connectivity index (χ1v) is 8.17. The molecule has 144 valence electrons. The van der Waals surface area contributed by atoms with Crippen LogP contribution in [0.1, 0.15) is 32.7 Å². The summed E-state index contributed by atoms with van der Waals surface area (Å²) >= 11 is 0. The highest BCUT2D eigenvalue weighted by Crippen LogP contribution is 2.34. The number of para-hydroxylation sites is 1. The molecule has 0 aromatic heterocycles. The standard InChI is InChI=1S/C19H19F3N2O3/c1-27-12-4-11-23-17(25)13-7-9-14(10-8-13)18(26)24-16-6-3-2-5-15(16)19(20,21)22/h2-3,5-10H,4,11-12H2,1H3,(H,23,25)(H,24,26). The normalized spacial score (nSPS) is 11.1. The number of carbonyl (C=O) groups is 2. The number of alkyl halides is 3. The average molecular weight is 380 g/mol. The monoisotopic (exact) mass is 380 g/mol. The van der Waals surface area contributed by atoms with E-state index in [2.05, 4.69) is 10.6 Å². The van der Waals surface area contributed by atoms with Gasteiger partial charge in [-0.15, -0.1) is 0 Å². The van der Waals surface area contributed by atoms with Crippen LogP contribution in [0.15, 0.2) is 48.5 Å². The zero-order chi connectivity index (χ0) is 19.9. The molecule has 8 heteroatoms. The summed E-state index contributed by atoms with van der Waals surface area (Å²) in [5.74, 6) is -1.00. The van der Waals surface area contributed by atoms with Crippen molar-refractivity contribution in [1.29, 1.82) is 0 Å². The number of methoxy groups -OCH3 is 1. The van der Waals surface area contributed by atoms with Gasteiger partial charge in [0.05, 0.1) is 11.3 Å². The maximum absolute atomic E-state index is 13.0. The van der Waals surface area contributed by atoms with Gasteiger partial charge in [-0.05, 0) is 42.8 Å². The van der Waals surface area contributed by atoms with Crippen LogP contribution in [0.25, 0.3) is 0 Å². The Labute approximate surface area is 154 Å². The molecule has 2 N–H and O–H groups in total. The summed E-state index contributed by atoms with van der Waals surface area (Å²) in [7, 11) is 1.57. The second-order valence-corrected chi connectivity index (χ2v) is 5.68. The third kappa shape index (κ3) is 5.82. The molecule has 2 amide bonds. The van der Waals surface area contributed by atoms with Crippen LogP contribution in [0.3, 0.4) is 0 Å². The molecule has 0 aliphatic rings. The lowest BCUT2D eigenvalue weighted by atomic mass is 10.1. The van der Waals surface area contributed by atoms with E-state index in [4.69, 9.17) is 4.74 Å². The van der Waals surface area contributed by atoms with Crippen LogP contribution >= 0.6 is 0 Å². The fourth-order valence-electron chi connectivity index (χ4n) is 2.33. The largest absolute Gasteiger partial charge is 0.418 e. The molecule has 5 nitrogen and oxygen atoms in total.